The SMILES string of the molecule is CCNC(CC(C)C)c1cc(C)nnc1CC. The van der Waals surface area contributed by atoms with E-state index in [0.717, 1.165) is 30.8 Å². The first kappa shape index (κ1) is 14.1. The lowest BCUT2D eigenvalue weighted by atomic mass is 9.95. The van der Waals surface area contributed by atoms with Crippen LogP contribution in [0.4, 0.5) is 0 Å². The van der Waals surface area contributed by atoms with Crippen molar-refractivity contribution < 1.29 is 0 Å². The Kier molecular flexibility index (Phi) is 5.56. The van der Waals surface area contributed by atoms with Crippen molar-refractivity contribution in [2.45, 2.75) is 53.5 Å². The Morgan fingerprint density at radius 1 is 1.24 bits per heavy atom. The number of nitrogens with zero attached hydrogens (tertiary/aromatic N) is 2. The summed E-state index contributed by atoms with van der Waals surface area (Å²) in [6.45, 7) is 11.8. The number of hydrogen-bond donors (Lipinski definition) is 1. The van der Waals surface area contributed by atoms with Gasteiger partial charge in [-0.05, 0) is 43.9 Å². The van der Waals surface area contributed by atoms with Crippen molar-refractivity contribution in [1.29, 1.82) is 0 Å². The third-order valence-corrected chi connectivity index (χ3v) is 2.89. The Labute approximate surface area is 105 Å². The highest BCUT2D eigenvalue weighted by Crippen LogP contribution is 2.24. The number of rotatable bonds is 6. The van der Waals surface area contributed by atoms with Crippen LogP contribution in [-0.2, 0) is 6.42 Å². The van der Waals surface area contributed by atoms with Crippen molar-refractivity contribution in [3.05, 3.63) is 23.0 Å². The Balaban J connectivity index is 3.02. The Bertz CT molecular complexity index is 347. The van der Waals surface area contributed by atoms with Crippen molar-refractivity contribution in [2.75, 3.05) is 6.54 Å². The van der Waals surface area contributed by atoms with Gasteiger partial charge in [-0.25, -0.2) is 0 Å². The van der Waals surface area contributed by atoms with E-state index in [2.05, 4.69) is 49.3 Å². The van der Waals surface area contributed by atoms with E-state index in [1.807, 2.05) is 6.92 Å². The zero-order chi connectivity index (χ0) is 12.8. The Morgan fingerprint density at radius 2 is 1.94 bits per heavy atom. The van der Waals surface area contributed by atoms with Crippen LogP contribution in [0.15, 0.2) is 6.07 Å². The molecule has 1 atom stereocenters. The predicted molar refractivity (Wildman–Crippen MR) is 72.0 cm³/mol. The van der Waals surface area contributed by atoms with Gasteiger partial charge < -0.3 is 5.32 Å². The molecule has 17 heavy (non-hydrogen) atoms. The van der Waals surface area contributed by atoms with Crippen molar-refractivity contribution in [3.63, 3.8) is 0 Å². The van der Waals surface area contributed by atoms with E-state index in [9.17, 15) is 0 Å². The van der Waals surface area contributed by atoms with E-state index in [-0.39, 0.29) is 0 Å². The molecule has 0 aromatic carbocycles. The second-order valence-electron chi connectivity index (χ2n) is 4.98. The summed E-state index contributed by atoms with van der Waals surface area (Å²) in [6.07, 6.45) is 2.09. The second-order valence-corrected chi connectivity index (χ2v) is 4.98. The molecule has 1 unspecified atom stereocenters. The predicted octanol–water partition coefficient (Wildman–Crippen LogP) is 3.04. The molecule has 0 amide bonds. The fourth-order valence-electron chi connectivity index (χ4n) is 2.15. The first-order chi connectivity index (χ1) is 8.08. The van der Waals surface area contributed by atoms with Crippen LogP contribution in [0.3, 0.4) is 0 Å². The van der Waals surface area contributed by atoms with Crippen LogP contribution >= 0.6 is 0 Å². The zero-order valence-corrected chi connectivity index (χ0v) is 11.7. The van der Waals surface area contributed by atoms with E-state index in [0.29, 0.717) is 12.0 Å². The molecule has 1 N–H and O–H groups in total. The molecule has 0 saturated carbocycles. The fourth-order valence-corrected chi connectivity index (χ4v) is 2.15. The number of aryl methyl sites for hydroxylation is 2. The first-order valence-corrected chi connectivity index (χ1v) is 6.64. The maximum Gasteiger partial charge on any atom is 0.0676 e. The van der Waals surface area contributed by atoms with Crippen LogP contribution in [-0.4, -0.2) is 16.7 Å². The van der Waals surface area contributed by atoms with Gasteiger partial charge in [-0.2, -0.15) is 10.2 Å². The molecule has 1 heterocycles. The molecule has 0 aliphatic carbocycles. The van der Waals surface area contributed by atoms with Gasteiger partial charge in [0.15, 0.2) is 0 Å². The van der Waals surface area contributed by atoms with Crippen LogP contribution in [0, 0.1) is 12.8 Å². The van der Waals surface area contributed by atoms with E-state index in [1.54, 1.807) is 0 Å². The van der Waals surface area contributed by atoms with Gasteiger partial charge in [-0.15, -0.1) is 0 Å². The quantitative estimate of drug-likeness (QED) is 0.823. The normalized spacial score (nSPS) is 13.1. The fraction of sp³-hybridized carbons (Fsp3) is 0.714. The molecule has 3 nitrogen and oxygen atoms in total. The average Bonchev–Trinajstić information content (AvgIpc) is 2.28. The molecule has 0 aliphatic heterocycles. The third-order valence-electron chi connectivity index (χ3n) is 2.89. The standard InChI is InChI=1S/C14H25N3/c1-6-13-12(9-11(5)16-17-13)14(15-7-2)8-10(3)4/h9-10,14-15H,6-8H2,1-5H3. The molecule has 0 fully saturated rings. The Hall–Kier alpha value is -0.960. The maximum atomic E-state index is 4.32. The second kappa shape index (κ2) is 6.70. The van der Waals surface area contributed by atoms with Gasteiger partial charge >= 0.3 is 0 Å². The minimum atomic E-state index is 0.407. The minimum absolute atomic E-state index is 0.407. The van der Waals surface area contributed by atoms with E-state index < -0.39 is 0 Å². The number of hydrogen-bond acceptors (Lipinski definition) is 3. The molecule has 0 saturated heterocycles. The topological polar surface area (TPSA) is 37.8 Å². The van der Waals surface area contributed by atoms with Crippen LogP contribution in [0.25, 0.3) is 0 Å². The molecule has 96 valence electrons. The lowest BCUT2D eigenvalue weighted by molar-refractivity contribution is 0.434. The lowest BCUT2D eigenvalue weighted by Gasteiger charge is -2.22. The van der Waals surface area contributed by atoms with Gasteiger partial charge in [0.05, 0.1) is 11.4 Å². The molecule has 0 spiro atoms. The van der Waals surface area contributed by atoms with Crippen molar-refractivity contribution in [1.82, 2.24) is 15.5 Å². The summed E-state index contributed by atoms with van der Waals surface area (Å²) in [5.41, 5.74) is 3.46. The largest absolute Gasteiger partial charge is 0.310 e. The summed E-state index contributed by atoms with van der Waals surface area (Å²) in [4.78, 5) is 0. The maximum absolute atomic E-state index is 4.32. The van der Waals surface area contributed by atoms with E-state index in [4.69, 9.17) is 0 Å². The number of nitrogens with one attached hydrogen (secondary N) is 1. The molecule has 0 radical (unpaired) electrons. The molecule has 0 aliphatic rings. The smallest absolute Gasteiger partial charge is 0.0676 e. The van der Waals surface area contributed by atoms with Gasteiger partial charge in [-0.1, -0.05) is 27.7 Å². The summed E-state index contributed by atoms with van der Waals surface area (Å²) in [6, 6.07) is 2.59. The highest BCUT2D eigenvalue weighted by molar-refractivity contribution is 5.24. The number of aromatic nitrogens is 2. The summed E-state index contributed by atoms with van der Waals surface area (Å²) in [7, 11) is 0. The molecular weight excluding hydrogens is 210 g/mol. The Morgan fingerprint density at radius 3 is 2.47 bits per heavy atom. The van der Waals surface area contributed by atoms with Crippen LogP contribution < -0.4 is 5.32 Å². The highest BCUT2D eigenvalue weighted by Gasteiger charge is 2.16. The van der Waals surface area contributed by atoms with Crippen LogP contribution in [0.1, 0.15) is 57.1 Å². The summed E-state index contributed by atoms with van der Waals surface area (Å²) in [5, 5.41) is 12.0. The van der Waals surface area contributed by atoms with Crippen molar-refractivity contribution in [2.24, 2.45) is 5.92 Å². The van der Waals surface area contributed by atoms with E-state index in [1.165, 1.54) is 5.56 Å². The van der Waals surface area contributed by atoms with Crippen LogP contribution in [0.5, 0.6) is 0 Å². The summed E-state index contributed by atoms with van der Waals surface area (Å²) in [5.74, 6) is 0.678. The lowest BCUT2D eigenvalue weighted by Crippen LogP contribution is -2.24. The van der Waals surface area contributed by atoms with Gasteiger partial charge in [0.1, 0.15) is 0 Å². The van der Waals surface area contributed by atoms with Crippen molar-refractivity contribution in [3.8, 4) is 0 Å². The zero-order valence-electron chi connectivity index (χ0n) is 11.7. The average molecular weight is 235 g/mol. The monoisotopic (exact) mass is 235 g/mol. The molecule has 1 aromatic rings. The van der Waals surface area contributed by atoms with Gasteiger partial charge in [0.2, 0.25) is 0 Å². The third kappa shape index (κ3) is 4.08. The van der Waals surface area contributed by atoms with E-state index >= 15 is 0 Å². The molecule has 1 rings (SSSR count). The van der Waals surface area contributed by atoms with Gasteiger partial charge in [0, 0.05) is 6.04 Å². The highest BCUT2D eigenvalue weighted by atomic mass is 15.1. The molecule has 3 heteroatoms. The first-order valence-electron chi connectivity index (χ1n) is 6.64. The summed E-state index contributed by atoms with van der Waals surface area (Å²) < 4.78 is 0. The van der Waals surface area contributed by atoms with Gasteiger partial charge in [0.25, 0.3) is 0 Å². The van der Waals surface area contributed by atoms with Crippen molar-refractivity contribution >= 4 is 0 Å². The minimum Gasteiger partial charge on any atom is -0.310 e. The molecule has 1 aromatic heterocycles. The molecule has 0 bridgehead atoms. The summed E-state index contributed by atoms with van der Waals surface area (Å²) >= 11 is 0. The van der Waals surface area contributed by atoms with Gasteiger partial charge in [-0.3, -0.25) is 0 Å². The molecular formula is C14H25N3. The van der Waals surface area contributed by atoms with Crippen LogP contribution in [0.2, 0.25) is 0 Å².